The summed E-state index contributed by atoms with van der Waals surface area (Å²) in [5.41, 5.74) is 6.36. The van der Waals surface area contributed by atoms with Gasteiger partial charge in [-0.3, -0.25) is 4.79 Å². The lowest BCUT2D eigenvalue weighted by Gasteiger charge is -2.17. The van der Waals surface area contributed by atoms with Crippen molar-refractivity contribution in [1.29, 1.82) is 0 Å². The van der Waals surface area contributed by atoms with Gasteiger partial charge in [-0.1, -0.05) is 32.0 Å². The predicted octanol–water partition coefficient (Wildman–Crippen LogP) is 3.31. The summed E-state index contributed by atoms with van der Waals surface area (Å²) in [4.78, 5) is 12.3. The third kappa shape index (κ3) is 5.16. The molecule has 0 aromatic heterocycles. The van der Waals surface area contributed by atoms with Crippen LogP contribution in [0.1, 0.15) is 20.3 Å². The van der Waals surface area contributed by atoms with Gasteiger partial charge in [-0.25, -0.2) is 0 Å². The first-order chi connectivity index (χ1) is 8.93. The van der Waals surface area contributed by atoms with Crippen LogP contribution in [0.4, 0.5) is 14.5 Å². The number of halogens is 2. The molecule has 106 valence electrons. The molecule has 0 saturated carbocycles. The van der Waals surface area contributed by atoms with Crippen molar-refractivity contribution >= 4 is 23.4 Å². The third-order valence-electron chi connectivity index (χ3n) is 2.91. The van der Waals surface area contributed by atoms with Gasteiger partial charge in [0.2, 0.25) is 5.91 Å². The minimum atomic E-state index is -2.45. The minimum Gasteiger partial charge on any atom is -0.325 e. The van der Waals surface area contributed by atoms with Crippen LogP contribution >= 0.6 is 11.8 Å². The summed E-state index contributed by atoms with van der Waals surface area (Å²) < 4.78 is 24.3. The van der Waals surface area contributed by atoms with Crippen molar-refractivity contribution in [2.45, 2.75) is 37.0 Å². The lowest BCUT2D eigenvalue weighted by atomic mass is 9.99. The quantitative estimate of drug-likeness (QED) is 0.790. The van der Waals surface area contributed by atoms with Crippen molar-refractivity contribution < 1.29 is 13.6 Å². The summed E-state index contributed by atoms with van der Waals surface area (Å²) in [5, 5.41) is 2.68. The van der Waals surface area contributed by atoms with Crippen LogP contribution < -0.4 is 11.1 Å². The van der Waals surface area contributed by atoms with Crippen LogP contribution in [-0.4, -0.2) is 17.7 Å². The van der Waals surface area contributed by atoms with E-state index >= 15 is 0 Å². The molecule has 0 aliphatic rings. The lowest BCUT2D eigenvalue weighted by Crippen LogP contribution is -2.40. The maximum absolute atomic E-state index is 12.1. The molecule has 1 rings (SSSR count). The first-order valence-corrected chi connectivity index (χ1v) is 6.93. The first kappa shape index (κ1) is 15.9. The Balaban J connectivity index is 2.60. The van der Waals surface area contributed by atoms with Crippen LogP contribution in [0, 0.1) is 5.92 Å². The normalized spacial score (nSPS) is 14.2. The highest BCUT2D eigenvalue weighted by atomic mass is 32.2. The highest BCUT2D eigenvalue weighted by Crippen LogP contribution is 2.26. The molecule has 6 heteroatoms. The van der Waals surface area contributed by atoms with E-state index in [9.17, 15) is 13.6 Å². The number of anilines is 1. The molecule has 0 saturated heterocycles. The van der Waals surface area contributed by atoms with Crippen molar-refractivity contribution in [3.05, 3.63) is 24.3 Å². The van der Waals surface area contributed by atoms with Gasteiger partial charge < -0.3 is 11.1 Å². The van der Waals surface area contributed by atoms with E-state index in [1.807, 2.05) is 13.8 Å². The number of hydrogen-bond acceptors (Lipinski definition) is 3. The molecule has 0 bridgehead atoms. The second-order valence-electron chi connectivity index (χ2n) is 4.30. The smallest absolute Gasteiger partial charge is 0.288 e. The average Bonchev–Trinajstić information content (AvgIpc) is 2.38. The van der Waals surface area contributed by atoms with E-state index in [-0.39, 0.29) is 11.8 Å². The van der Waals surface area contributed by atoms with E-state index in [4.69, 9.17) is 5.73 Å². The summed E-state index contributed by atoms with van der Waals surface area (Å²) >= 11 is 0.470. The van der Waals surface area contributed by atoms with E-state index in [0.29, 0.717) is 22.3 Å². The van der Waals surface area contributed by atoms with Crippen molar-refractivity contribution in [1.82, 2.24) is 0 Å². The number of alkyl halides is 2. The van der Waals surface area contributed by atoms with Crippen molar-refractivity contribution in [2.75, 3.05) is 5.32 Å². The minimum absolute atomic E-state index is 0.0914. The zero-order valence-electron chi connectivity index (χ0n) is 10.9. The number of nitrogens with one attached hydrogen (secondary N) is 1. The van der Waals surface area contributed by atoms with E-state index in [1.165, 1.54) is 0 Å². The van der Waals surface area contributed by atoms with Gasteiger partial charge in [0.1, 0.15) is 0 Å². The molecule has 19 heavy (non-hydrogen) atoms. The van der Waals surface area contributed by atoms with Crippen LogP contribution in [0.2, 0.25) is 0 Å². The van der Waals surface area contributed by atoms with Crippen molar-refractivity contribution in [3.63, 3.8) is 0 Å². The highest BCUT2D eigenvalue weighted by Gasteiger charge is 2.19. The summed E-state index contributed by atoms with van der Waals surface area (Å²) in [6.07, 6.45) is 0.818. The molecule has 0 fully saturated rings. The number of thioether (sulfide) groups is 1. The predicted molar refractivity (Wildman–Crippen MR) is 74.4 cm³/mol. The molecule has 0 heterocycles. The Morgan fingerprint density at radius 3 is 2.42 bits per heavy atom. The van der Waals surface area contributed by atoms with Crippen LogP contribution in [0.3, 0.4) is 0 Å². The SMILES string of the molecule is CC[C@H](C)[C@H](N)C(=O)Nc1ccc(SC(F)F)cc1. The molecule has 1 aromatic rings. The van der Waals surface area contributed by atoms with Crippen LogP contribution in [0.5, 0.6) is 0 Å². The largest absolute Gasteiger partial charge is 0.325 e. The molecule has 3 N–H and O–H groups in total. The molecule has 0 aliphatic carbocycles. The van der Waals surface area contributed by atoms with E-state index in [1.54, 1.807) is 24.3 Å². The first-order valence-electron chi connectivity index (χ1n) is 6.05. The standard InChI is InChI=1S/C13H18F2N2OS/c1-3-8(2)11(16)12(18)17-9-4-6-10(7-5-9)19-13(14)15/h4-8,11,13H,3,16H2,1-2H3,(H,17,18)/t8-,11-/m0/s1. The Hall–Kier alpha value is -1.14. The number of carbonyl (C=O) groups is 1. The highest BCUT2D eigenvalue weighted by molar-refractivity contribution is 7.99. The number of carbonyl (C=O) groups excluding carboxylic acids is 1. The van der Waals surface area contributed by atoms with Gasteiger partial charge in [0, 0.05) is 10.6 Å². The Kier molecular flexibility index (Phi) is 6.24. The van der Waals surface area contributed by atoms with E-state index < -0.39 is 11.8 Å². The van der Waals surface area contributed by atoms with Crippen LogP contribution in [-0.2, 0) is 4.79 Å². The Labute approximate surface area is 115 Å². The number of amides is 1. The molecule has 2 atom stereocenters. The molecule has 0 unspecified atom stereocenters. The fraction of sp³-hybridized carbons (Fsp3) is 0.462. The van der Waals surface area contributed by atoms with Gasteiger partial charge in [-0.2, -0.15) is 8.78 Å². The van der Waals surface area contributed by atoms with Gasteiger partial charge in [-0.05, 0) is 30.2 Å². The van der Waals surface area contributed by atoms with Gasteiger partial charge in [-0.15, -0.1) is 0 Å². The Morgan fingerprint density at radius 1 is 1.37 bits per heavy atom. The van der Waals surface area contributed by atoms with E-state index in [0.717, 1.165) is 6.42 Å². The van der Waals surface area contributed by atoms with Crippen molar-refractivity contribution in [3.8, 4) is 0 Å². The number of nitrogens with two attached hydrogens (primary N) is 1. The van der Waals surface area contributed by atoms with Gasteiger partial charge in [0.05, 0.1) is 6.04 Å². The second-order valence-corrected chi connectivity index (χ2v) is 5.37. The summed E-state index contributed by atoms with van der Waals surface area (Å²) in [6, 6.07) is 5.69. The van der Waals surface area contributed by atoms with Crippen molar-refractivity contribution in [2.24, 2.45) is 11.7 Å². The van der Waals surface area contributed by atoms with E-state index in [2.05, 4.69) is 5.32 Å². The summed E-state index contributed by atoms with van der Waals surface area (Å²) in [7, 11) is 0. The summed E-state index contributed by atoms with van der Waals surface area (Å²) in [5.74, 6) is -2.61. The Bertz CT molecular complexity index is 412. The third-order valence-corrected chi connectivity index (χ3v) is 3.63. The monoisotopic (exact) mass is 288 g/mol. The fourth-order valence-electron chi connectivity index (χ4n) is 1.46. The van der Waals surface area contributed by atoms with Crippen LogP contribution in [0.25, 0.3) is 0 Å². The Morgan fingerprint density at radius 2 is 1.95 bits per heavy atom. The van der Waals surface area contributed by atoms with Gasteiger partial charge >= 0.3 is 0 Å². The topological polar surface area (TPSA) is 55.1 Å². The summed E-state index contributed by atoms with van der Waals surface area (Å²) in [6.45, 7) is 3.88. The molecule has 0 spiro atoms. The molecule has 3 nitrogen and oxygen atoms in total. The van der Waals surface area contributed by atoms with Crippen LogP contribution in [0.15, 0.2) is 29.2 Å². The zero-order chi connectivity index (χ0) is 14.4. The second kappa shape index (κ2) is 7.45. The average molecular weight is 288 g/mol. The molecular weight excluding hydrogens is 270 g/mol. The zero-order valence-corrected chi connectivity index (χ0v) is 11.7. The lowest BCUT2D eigenvalue weighted by molar-refractivity contribution is -0.118. The molecular formula is C13H18F2N2OS. The number of hydrogen-bond donors (Lipinski definition) is 2. The van der Waals surface area contributed by atoms with Gasteiger partial charge in [0.25, 0.3) is 5.76 Å². The number of rotatable bonds is 6. The number of benzene rings is 1. The maximum Gasteiger partial charge on any atom is 0.288 e. The molecule has 1 amide bonds. The molecule has 1 aromatic carbocycles. The molecule has 0 radical (unpaired) electrons. The fourth-order valence-corrected chi connectivity index (χ4v) is 1.96. The van der Waals surface area contributed by atoms with Gasteiger partial charge in [0.15, 0.2) is 0 Å². The molecule has 0 aliphatic heterocycles. The maximum atomic E-state index is 12.1.